The number of nitrogens with one attached hydrogen (secondary N) is 2. The van der Waals surface area contributed by atoms with E-state index in [-0.39, 0.29) is 29.4 Å². The number of benzene rings is 1. The number of aryl methyl sites for hydroxylation is 1. The van der Waals surface area contributed by atoms with Gasteiger partial charge in [0.05, 0.1) is 29.8 Å². The standard InChI is InChI=1S/C21H32N2O5S/c1-15-6-9-18(10-7-15)29(26,27)23-19-11-8-17(28-20(19)14-24)12-13-22-21(25)16-4-2-3-5-16/h6-7,9-10,16-17,19-20,23-24H,2-5,8,11-14H2,1H3,(H,22,25)/t17-,19+,20-/m1/s1. The molecule has 1 saturated carbocycles. The molecule has 7 nitrogen and oxygen atoms in total. The number of carbonyl (C=O) groups excluding carboxylic acids is 1. The van der Waals surface area contributed by atoms with Gasteiger partial charge in [-0.05, 0) is 51.2 Å². The van der Waals surface area contributed by atoms with E-state index in [1.165, 1.54) is 0 Å². The SMILES string of the molecule is Cc1ccc(S(=O)(=O)N[C@H]2CC[C@H](CCNC(=O)C3CCCC3)O[C@@H]2CO)cc1. The first-order valence-electron chi connectivity index (χ1n) is 10.5. The Labute approximate surface area is 173 Å². The van der Waals surface area contributed by atoms with E-state index in [1.807, 2.05) is 6.92 Å². The fraction of sp³-hybridized carbons (Fsp3) is 0.667. The Morgan fingerprint density at radius 3 is 2.48 bits per heavy atom. The zero-order valence-electron chi connectivity index (χ0n) is 17.0. The van der Waals surface area contributed by atoms with E-state index in [1.54, 1.807) is 24.3 Å². The monoisotopic (exact) mass is 424 g/mol. The molecule has 1 aliphatic carbocycles. The van der Waals surface area contributed by atoms with Crippen molar-refractivity contribution in [2.75, 3.05) is 13.2 Å². The van der Waals surface area contributed by atoms with Crippen LogP contribution in [0, 0.1) is 12.8 Å². The molecule has 1 amide bonds. The first-order valence-corrected chi connectivity index (χ1v) is 12.0. The summed E-state index contributed by atoms with van der Waals surface area (Å²) in [6, 6.07) is 6.18. The van der Waals surface area contributed by atoms with Crippen LogP contribution in [0.2, 0.25) is 0 Å². The molecule has 3 N–H and O–H groups in total. The minimum atomic E-state index is -3.67. The summed E-state index contributed by atoms with van der Waals surface area (Å²) in [4.78, 5) is 12.3. The minimum absolute atomic E-state index is 0.101. The number of carbonyl (C=O) groups is 1. The maximum Gasteiger partial charge on any atom is 0.240 e. The van der Waals surface area contributed by atoms with Crippen molar-refractivity contribution >= 4 is 15.9 Å². The molecule has 0 spiro atoms. The number of rotatable bonds is 8. The zero-order valence-corrected chi connectivity index (χ0v) is 17.8. The highest BCUT2D eigenvalue weighted by atomic mass is 32.2. The lowest BCUT2D eigenvalue weighted by Crippen LogP contribution is -2.51. The third-order valence-electron chi connectivity index (χ3n) is 5.92. The number of aliphatic hydroxyl groups is 1. The molecule has 1 aliphatic heterocycles. The van der Waals surface area contributed by atoms with Gasteiger partial charge >= 0.3 is 0 Å². The zero-order chi connectivity index (χ0) is 20.9. The first-order chi connectivity index (χ1) is 13.9. The molecule has 0 bridgehead atoms. The summed E-state index contributed by atoms with van der Waals surface area (Å²) >= 11 is 0. The van der Waals surface area contributed by atoms with Gasteiger partial charge in [0.1, 0.15) is 0 Å². The van der Waals surface area contributed by atoms with Crippen molar-refractivity contribution in [2.24, 2.45) is 5.92 Å². The maximum atomic E-state index is 12.6. The van der Waals surface area contributed by atoms with E-state index in [2.05, 4.69) is 10.0 Å². The Balaban J connectivity index is 1.48. The summed E-state index contributed by atoms with van der Waals surface area (Å²) in [6.07, 6.45) is 5.42. The quantitative estimate of drug-likeness (QED) is 0.591. The number of aliphatic hydroxyl groups excluding tert-OH is 1. The van der Waals surface area contributed by atoms with Crippen LogP contribution in [0.25, 0.3) is 0 Å². The van der Waals surface area contributed by atoms with Gasteiger partial charge in [0.25, 0.3) is 0 Å². The van der Waals surface area contributed by atoms with E-state index in [0.717, 1.165) is 31.2 Å². The topological polar surface area (TPSA) is 105 Å². The number of amides is 1. The van der Waals surface area contributed by atoms with Gasteiger partial charge < -0.3 is 15.2 Å². The summed E-state index contributed by atoms with van der Waals surface area (Å²) in [7, 11) is -3.67. The predicted molar refractivity (Wildman–Crippen MR) is 110 cm³/mol. The lowest BCUT2D eigenvalue weighted by atomic mass is 9.98. The Hall–Kier alpha value is -1.48. The first kappa shape index (κ1) is 22.2. The van der Waals surface area contributed by atoms with E-state index in [4.69, 9.17) is 4.74 Å². The molecule has 1 aromatic rings. The molecule has 3 rings (SSSR count). The smallest absolute Gasteiger partial charge is 0.240 e. The Kier molecular flexibility index (Phi) is 7.67. The third kappa shape index (κ3) is 6.01. The highest BCUT2D eigenvalue weighted by Gasteiger charge is 2.34. The van der Waals surface area contributed by atoms with Crippen molar-refractivity contribution < 1.29 is 23.1 Å². The molecule has 1 saturated heterocycles. The van der Waals surface area contributed by atoms with Crippen LogP contribution < -0.4 is 10.0 Å². The molecular weight excluding hydrogens is 392 g/mol. The van der Waals surface area contributed by atoms with E-state index in [9.17, 15) is 18.3 Å². The van der Waals surface area contributed by atoms with Crippen molar-refractivity contribution in [1.82, 2.24) is 10.0 Å². The fourth-order valence-electron chi connectivity index (χ4n) is 4.15. The molecule has 1 aromatic carbocycles. The van der Waals surface area contributed by atoms with Crippen LogP contribution in [-0.4, -0.2) is 50.8 Å². The van der Waals surface area contributed by atoms with Crippen LogP contribution in [0.3, 0.4) is 0 Å². The van der Waals surface area contributed by atoms with Gasteiger partial charge in [0, 0.05) is 12.5 Å². The number of sulfonamides is 1. The van der Waals surface area contributed by atoms with Gasteiger partial charge in [0.2, 0.25) is 15.9 Å². The minimum Gasteiger partial charge on any atom is -0.394 e. The lowest BCUT2D eigenvalue weighted by Gasteiger charge is -2.36. The highest BCUT2D eigenvalue weighted by Crippen LogP contribution is 2.25. The molecule has 0 radical (unpaired) electrons. The largest absolute Gasteiger partial charge is 0.394 e. The molecular formula is C21H32N2O5S. The van der Waals surface area contributed by atoms with Crippen LogP contribution in [0.4, 0.5) is 0 Å². The van der Waals surface area contributed by atoms with Gasteiger partial charge in [-0.25, -0.2) is 13.1 Å². The van der Waals surface area contributed by atoms with Gasteiger partial charge in [0.15, 0.2) is 0 Å². The average molecular weight is 425 g/mol. The van der Waals surface area contributed by atoms with Gasteiger partial charge in [-0.15, -0.1) is 0 Å². The maximum absolute atomic E-state index is 12.6. The van der Waals surface area contributed by atoms with Crippen molar-refractivity contribution in [1.29, 1.82) is 0 Å². The second kappa shape index (κ2) is 10.0. The van der Waals surface area contributed by atoms with E-state index in [0.29, 0.717) is 25.8 Å². The second-order valence-electron chi connectivity index (χ2n) is 8.16. The molecule has 8 heteroatoms. The summed E-state index contributed by atoms with van der Waals surface area (Å²) in [5.74, 6) is 0.272. The molecule has 29 heavy (non-hydrogen) atoms. The number of hydrogen-bond donors (Lipinski definition) is 3. The number of hydrogen-bond acceptors (Lipinski definition) is 5. The Bertz CT molecular complexity index is 775. The summed E-state index contributed by atoms with van der Waals surface area (Å²) in [5, 5.41) is 12.7. The van der Waals surface area contributed by atoms with E-state index >= 15 is 0 Å². The molecule has 2 aliphatic rings. The fourth-order valence-corrected chi connectivity index (χ4v) is 5.45. The summed E-state index contributed by atoms with van der Waals surface area (Å²) < 4.78 is 33.9. The van der Waals surface area contributed by atoms with Crippen molar-refractivity contribution in [2.45, 2.75) is 75.0 Å². The van der Waals surface area contributed by atoms with E-state index < -0.39 is 22.2 Å². The van der Waals surface area contributed by atoms with Crippen LogP contribution in [0.1, 0.15) is 50.5 Å². The number of ether oxygens (including phenoxy) is 1. The second-order valence-corrected chi connectivity index (χ2v) is 9.87. The van der Waals surface area contributed by atoms with Gasteiger partial charge in [-0.1, -0.05) is 30.5 Å². The summed E-state index contributed by atoms with van der Waals surface area (Å²) in [5.41, 5.74) is 0.987. The third-order valence-corrected chi connectivity index (χ3v) is 7.43. The average Bonchev–Trinajstić information content (AvgIpc) is 3.24. The predicted octanol–water partition coefficient (Wildman–Crippen LogP) is 1.88. The van der Waals surface area contributed by atoms with Crippen LogP contribution >= 0.6 is 0 Å². The molecule has 0 aromatic heterocycles. The van der Waals surface area contributed by atoms with Gasteiger partial charge in [-0.2, -0.15) is 0 Å². The molecule has 162 valence electrons. The van der Waals surface area contributed by atoms with Crippen molar-refractivity contribution in [3.05, 3.63) is 29.8 Å². The lowest BCUT2D eigenvalue weighted by molar-refractivity contribution is -0.125. The van der Waals surface area contributed by atoms with Crippen LogP contribution in [0.5, 0.6) is 0 Å². The van der Waals surface area contributed by atoms with Crippen LogP contribution in [-0.2, 0) is 19.6 Å². The molecule has 0 unspecified atom stereocenters. The molecule has 3 atom stereocenters. The van der Waals surface area contributed by atoms with Gasteiger partial charge in [-0.3, -0.25) is 4.79 Å². The summed E-state index contributed by atoms with van der Waals surface area (Å²) in [6.45, 7) is 2.18. The Morgan fingerprint density at radius 2 is 1.83 bits per heavy atom. The van der Waals surface area contributed by atoms with Crippen molar-refractivity contribution in [3.63, 3.8) is 0 Å². The normalized spacial score (nSPS) is 25.8. The van der Waals surface area contributed by atoms with Crippen LogP contribution in [0.15, 0.2) is 29.2 Å². The van der Waals surface area contributed by atoms with Crippen molar-refractivity contribution in [3.8, 4) is 0 Å². The molecule has 1 heterocycles. The Morgan fingerprint density at radius 1 is 1.14 bits per heavy atom. The molecule has 2 fully saturated rings. The highest BCUT2D eigenvalue weighted by molar-refractivity contribution is 7.89.